The monoisotopic (exact) mass is 658 g/mol. The van der Waals surface area contributed by atoms with E-state index in [9.17, 15) is 23.1 Å². The van der Waals surface area contributed by atoms with Gasteiger partial charge in [-0.25, -0.2) is 13.2 Å². The summed E-state index contributed by atoms with van der Waals surface area (Å²) in [5.41, 5.74) is 13.0. The molecular weight excluding hydrogens is 628 g/mol. The van der Waals surface area contributed by atoms with Crippen molar-refractivity contribution in [1.82, 2.24) is 15.5 Å². The number of guanidine groups is 1. The molecule has 2 aromatic carbocycles. The summed E-state index contributed by atoms with van der Waals surface area (Å²) in [6, 6.07) is 15.3. The molecule has 0 radical (unpaired) electrons. The van der Waals surface area contributed by atoms with Crippen LogP contribution in [0.5, 0.6) is 0 Å². The molecule has 0 saturated heterocycles. The summed E-state index contributed by atoms with van der Waals surface area (Å²) in [7, 11) is -4.25. The summed E-state index contributed by atoms with van der Waals surface area (Å²) in [5, 5.41) is 24.1. The minimum absolute atomic E-state index is 0.000259. The van der Waals surface area contributed by atoms with Gasteiger partial charge in [-0.1, -0.05) is 54.1 Å². The number of anilines is 2. The first kappa shape index (κ1) is 32.3. The van der Waals surface area contributed by atoms with Gasteiger partial charge in [-0.3, -0.25) is 19.6 Å². The zero-order chi connectivity index (χ0) is 31.9. The number of nitrogens with one attached hydrogen (secondary N) is 4. The molecule has 0 bridgehead atoms. The van der Waals surface area contributed by atoms with E-state index < -0.39 is 34.0 Å². The molecule has 2 atom stereocenters. The molecule has 9 N–H and O–H groups in total. The number of carboxylic acids is 1. The maximum atomic E-state index is 13.7. The van der Waals surface area contributed by atoms with E-state index in [1.165, 1.54) is 17.5 Å². The molecule has 2 heterocycles. The molecule has 0 fully saturated rings. The molecular formula is C28H31ClN8O5S2. The Morgan fingerprint density at radius 2 is 1.80 bits per heavy atom. The van der Waals surface area contributed by atoms with Crippen molar-refractivity contribution >= 4 is 62.2 Å². The van der Waals surface area contributed by atoms with Gasteiger partial charge >= 0.3 is 5.97 Å². The van der Waals surface area contributed by atoms with Crippen LogP contribution in [0.3, 0.4) is 0 Å². The highest BCUT2D eigenvalue weighted by molar-refractivity contribution is 7.93. The van der Waals surface area contributed by atoms with Crippen molar-refractivity contribution in [2.45, 2.75) is 36.7 Å². The standard InChI is InChI=1S/C28H31ClN8O5S2/c1-16-22(25(29)36-35-16)23(17-8-3-2-4-9-17)33-18-10-5-6-12-21(18)44(41,42)37-19-13-15-43-24(19)26(38)34-20(27(39)40)11-7-14-32-28(30)31/h2-6,8-10,12-13,15,20,23,33,37H,7,11,14H2,1H3,(H,34,38)(H,35,36)(H,39,40)(H4,30,31,32)/t20-,23?/m0/s1. The Bertz CT molecular complexity index is 1730. The predicted molar refractivity (Wildman–Crippen MR) is 171 cm³/mol. The number of aryl methyl sites for hydroxylation is 1. The van der Waals surface area contributed by atoms with Gasteiger partial charge in [0.15, 0.2) is 11.1 Å². The Hall–Kier alpha value is -4.60. The largest absolute Gasteiger partial charge is 0.480 e. The number of halogens is 1. The van der Waals surface area contributed by atoms with Gasteiger partial charge < -0.3 is 27.2 Å². The van der Waals surface area contributed by atoms with Crippen molar-refractivity contribution in [2.75, 3.05) is 16.6 Å². The fraction of sp³-hybridized carbons (Fsp3) is 0.214. The van der Waals surface area contributed by atoms with Crippen molar-refractivity contribution in [3.8, 4) is 0 Å². The molecule has 1 unspecified atom stereocenters. The van der Waals surface area contributed by atoms with E-state index in [0.717, 1.165) is 16.9 Å². The van der Waals surface area contributed by atoms with Gasteiger partial charge in [-0.05, 0) is 48.9 Å². The normalized spacial score (nSPS) is 12.6. The third kappa shape index (κ3) is 7.86. The number of benzene rings is 2. The third-order valence-corrected chi connectivity index (χ3v) is 9.14. The highest BCUT2D eigenvalue weighted by Gasteiger charge is 2.28. The fourth-order valence-corrected chi connectivity index (χ4v) is 6.79. The Balaban J connectivity index is 1.58. The number of aliphatic carboxylic acids is 1. The Kier molecular flexibility index (Phi) is 10.5. The minimum Gasteiger partial charge on any atom is -0.480 e. The van der Waals surface area contributed by atoms with Crippen LogP contribution in [0.15, 0.2) is 75.9 Å². The summed E-state index contributed by atoms with van der Waals surface area (Å²) in [5.74, 6) is -2.11. The Morgan fingerprint density at radius 1 is 1.09 bits per heavy atom. The van der Waals surface area contributed by atoms with Crippen molar-refractivity contribution in [1.29, 1.82) is 0 Å². The SMILES string of the molecule is Cc1[nH]nc(Cl)c1C(Nc1ccccc1S(=O)(=O)Nc1ccsc1C(=O)N[C@@H](CCCN=C(N)N)C(=O)O)c1ccccc1. The lowest BCUT2D eigenvalue weighted by molar-refractivity contribution is -0.139. The molecule has 0 spiro atoms. The van der Waals surface area contributed by atoms with E-state index in [1.54, 1.807) is 18.2 Å². The molecule has 13 nitrogen and oxygen atoms in total. The van der Waals surface area contributed by atoms with E-state index >= 15 is 0 Å². The van der Waals surface area contributed by atoms with Crippen LogP contribution < -0.4 is 26.8 Å². The van der Waals surface area contributed by atoms with Crippen LogP contribution in [0, 0.1) is 6.92 Å². The molecule has 1 amide bonds. The van der Waals surface area contributed by atoms with Crippen LogP contribution in [0.4, 0.5) is 11.4 Å². The zero-order valence-corrected chi connectivity index (χ0v) is 25.8. The van der Waals surface area contributed by atoms with Crippen molar-refractivity contribution < 1.29 is 23.1 Å². The molecule has 2 aromatic heterocycles. The summed E-state index contributed by atoms with van der Waals surface area (Å²) < 4.78 is 30.0. The number of para-hydroxylation sites is 1. The summed E-state index contributed by atoms with van der Waals surface area (Å²) in [6.07, 6.45) is 0.364. The second-order valence-corrected chi connectivity index (χ2v) is 12.5. The number of H-pyrrole nitrogens is 1. The van der Waals surface area contributed by atoms with Gasteiger partial charge in [0.05, 0.1) is 17.4 Å². The number of nitrogens with zero attached hydrogens (tertiary/aromatic N) is 2. The number of aromatic amines is 1. The van der Waals surface area contributed by atoms with Crippen LogP contribution in [-0.2, 0) is 14.8 Å². The highest BCUT2D eigenvalue weighted by atomic mass is 35.5. The molecule has 16 heteroatoms. The topological polar surface area (TPSA) is 218 Å². The number of hydrogen-bond donors (Lipinski definition) is 7. The number of nitrogens with two attached hydrogens (primary N) is 2. The fourth-order valence-electron chi connectivity index (χ4n) is 4.44. The van der Waals surface area contributed by atoms with Gasteiger partial charge in [-0.2, -0.15) is 5.10 Å². The van der Waals surface area contributed by atoms with E-state index in [-0.39, 0.29) is 45.2 Å². The van der Waals surface area contributed by atoms with E-state index in [4.69, 9.17) is 23.1 Å². The second-order valence-electron chi connectivity index (χ2n) is 9.62. The molecule has 0 aliphatic heterocycles. The first-order valence-corrected chi connectivity index (χ1v) is 16.0. The van der Waals surface area contributed by atoms with Gasteiger partial charge in [0.25, 0.3) is 15.9 Å². The van der Waals surface area contributed by atoms with Crippen LogP contribution in [-0.4, -0.2) is 54.1 Å². The number of carbonyl (C=O) groups excluding carboxylic acids is 1. The zero-order valence-electron chi connectivity index (χ0n) is 23.5. The van der Waals surface area contributed by atoms with Crippen molar-refractivity contribution in [3.63, 3.8) is 0 Å². The molecule has 0 saturated carbocycles. The average molecular weight is 659 g/mol. The lowest BCUT2D eigenvalue weighted by Gasteiger charge is -2.23. The Labute approximate surface area is 262 Å². The number of sulfonamides is 1. The van der Waals surface area contributed by atoms with Gasteiger partial charge in [0.2, 0.25) is 0 Å². The minimum atomic E-state index is -4.25. The third-order valence-electron chi connectivity index (χ3n) is 6.51. The first-order chi connectivity index (χ1) is 21.0. The van der Waals surface area contributed by atoms with E-state index in [0.29, 0.717) is 17.7 Å². The number of carbonyl (C=O) groups is 2. The predicted octanol–water partition coefficient (Wildman–Crippen LogP) is 3.67. The number of hydrogen-bond acceptors (Lipinski definition) is 8. The van der Waals surface area contributed by atoms with Gasteiger partial charge in [-0.15, -0.1) is 11.3 Å². The number of aliphatic imine (C=N–C) groups is 1. The van der Waals surface area contributed by atoms with Gasteiger partial charge in [0.1, 0.15) is 15.8 Å². The van der Waals surface area contributed by atoms with Crippen LogP contribution in [0.25, 0.3) is 0 Å². The number of carboxylic acid groups (broad SMARTS) is 1. The van der Waals surface area contributed by atoms with E-state index in [2.05, 4.69) is 30.5 Å². The van der Waals surface area contributed by atoms with Crippen molar-refractivity contribution in [3.05, 3.63) is 92.9 Å². The number of aromatic nitrogens is 2. The summed E-state index contributed by atoms with van der Waals surface area (Å²) in [6.45, 7) is 2.01. The molecule has 0 aliphatic carbocycles. The maximum absolute atomic E-state index is 13.7. The second kappa shape index (κ2) is 14.2. The highest BCUT2D eigenvalue weighted by Crippen LogP contribution is 2.35. The van der Waals surface area contributed by atoms with Gasteiger partial charge in [0, 0.05) is 17.8 Å². The summed E-state index contributed by atoms with van der Waals surface area (Å²) in [4.78, 5) is 28.5. The summed E-state index contributed by atoms with van der Waals surface area (Å²) >= 11 is 7.39. The smallest absolute Gasteiger partial charge is 0.326 e. The first-order valence-electron chi connectivity index (χ1n) is 13.3. The number of amides is 1. The van der Waals surface area contributed by atoms with E-state index in [1.807, 2.05) is 37.3 Å². The Morgan fingerprint density at radius 3 is 2.45 bits per heavy atom. The quantitative estimate of drug-likeness (QED) is 0.0596. The molecule has 4 rings (SSSR count). The average Bonchev–Trinajstić information content (AvgIpc) is 3.58. The molecule has 44 heavy (non-hydrogen) atoms. The lowest BCUT2D eigenvalue weighted by Crippen LogP contribution is -2.40. The molecule has 0 aliphatic rings. The van der Waals surface area contributed by atoms with Crippen LogP contribution in [0.1, 0.15) is 45.4 Å². The maximum Gasteiger partial charge on any atom is 0.326 e. The number of rotatable bonds is 14. The molecule has 232 valence electrons. The lowest BCUT2D eigenvalue weighted by atomic mass is 9.99. The van der Waals surface area contributed by atoms with Crippen LogP contribution in [0.2, 0.25) is 5.15 Å². The van der Waals surface area contributed by atoms with Crippen molar-refractivity contribution in [2.24, 2.45) is 16.5 Å². The number of thiophene rings is 1. The van der Waals surface area contributed by atoms with Crippen LogP contribution >= 0.6 is 22.9 Å². The molecule has 4 aromatic rings.